The summed E-state index contributed by atoms with van der Waals surface area (Å²) in [6.07, 6.45) is 1.48. The molecule has 1 aromatic carbocycles. The molecule has 2 rings (SSSR count). The van der Waals surface area contributed by atoms with E-state index >= 15 is 0 Å². The van der Waals surface area contributed by atoms with E-state index in [9.17, 15) is 10.1 Å². The normalized spacial score (nSPS) is 9.68. The second kappa shape index (κ2) is 5.14. The van der Waals surface area contributed by atoms with Crippen molar-refractivity contribution in [3.05, 3.63) is 57.9 Å². The van der Waals surface area contributed by atoms with Crippen molar-refractivity contribution in [2.24, 2.45) is 0 Å². The van der Waals surface area contributed by atoms with Gasteiger partial charge in [0.1, 0.15) is 11.8 Å². The number of benzene rings is 1. The lowest BCUT2D eigenvalue weighted by Gasteiger charge is -2.09. The average molecular weight is 255 g/mol. The van der Waals surface area contributed by atoms with Crippen molar-refractivity contribution < 1.29 is 9.66 Å². The quantitative estimate of drug-likeness (QED) is 0.621. The van der Waals surface area contributed by atoms with Crippen LogP contribution in [0.15, 0.2) is 36.5 Å². The Morgan fingerprint density at radius 2 is 2.05 bits per heavy atom. The van der Waals surface area contributed by atoms with Gasteiger partial charge >= 0.3 is 0 Å². The summed E-state index contributed by atoms with van der Waals surface area (Å²) in [5, 5.41) is 19.7. The Morgan fingerprint density at radius 3 is 2.74 bits per heavy atom. The number of nitro groups is 1. The fourth-order valence-electron chi connectivity index (χ4n) is 1.59. The van der Waals surface area contributed by atoms with E-state index in [1.807, 2.05) is 6.07 Å². The Labute approximate surface area is 109 Å². The maximum Gasteiger partial charge on any atom is 0.276 e. The number of rotatable bonds is 3. The predicted octanol–water partition coefficient (Wildman–Crippen LogP) is 2.96. The molecule has 94 valence electrons. The van der Waals surface area contributed by atoms with Crippen LogP contribution in [0.25, 0.3) is 0 Å². The van der Waals surface area contributed by atoms with Gasteiger partial charge in [-0.3, -0.25) is 10.1 Å². The first-order valence-electron chi connectivity index (χ1n) is 5.40. The summed E-state index contributed by atoms with van der Waals surface area (Å²) >= 11 is 0. The molecule has 6 heteroatoms. The van der Waals surface area contributed by atoms with Crippen LogP contribution in [0.1, 0.15) is 11.3 Å². The predicted molar refractivity (Wildman–Crippen MR) is 66.9 cm³/mol. The molecule has 2 aromatic rings. The van der Waals surface area contributed by atoms with E-state index in [-0.39, 0.29) is 17.1 Å². The van der Waals surface area contributed by atoms with Gasteiger partial charge in [-0.05, 0) is 25.1 Å². The zero-order valence-corrected chi connectivity index (χ0v) is 10.0. The molecule has 0 saturated heterocycles. The molecule has 0 fully saturated rings. The third kappa shape index (κ3) is 2.50. The van der Waals surface area contributed by atoms with E-state index in [2.05, 4.69) is 4.98 Å². The summed E-state index contributed by atoms with van der Waals surface area (Å²) in [4.78, 5) is 14.2. The second-order valence-electron chi connectivity index (χ2n) is 3.72. The van der Waals surface area contributed by atoms with Gasteiger partial charge in [-0.2, -0.15) is 5.26 Å². The number of nitro benzene ring substituents is 1. The molecule has 0 unspecified atom stereocenters. The summed E-state index contributed by atoms with van der Waals surface area (Å²) in [5.41, 5.74) is 0.508. The summed E-state index contributed by atoms with van der Waals surface area (Å²) < 4.78 is 5.53. The molecule has 0 saturated carbocycles. The number of nitrogens with zero attached hydrogens (tertiary/aromatic N) is 3. The van der Waals surface area contributed by atoms with Gasteiger partial charge in [0, 0.05) is 12.3 Å². The van der Waals surface area contributed by atoms with Crippen LogP contribution in [0.2, 0.25) is 0 Å². The Hall–Kier alpha value is -2.94. The molecule has 0 amide bonds. The lowest BCUT2D eigenvalue weighted by atomic mass is 10.2. The van der Waals surface area contributed by atoms with Crippen LogP contribution in [0.4, 0.5) is 5.69 Å². The third-order valence-electron chi connectivity index (χ3n) is 2.55. The zero-order chi connectivity index (χ0) is 13.8. The highest BCUT2D eigenvalue weighted by atomic mass is 16.6. The van der Waals surface area contributed by atoms with Crippen molar-refractivity contribution in [3.8, 4) is 17.6 Å². The van der Waals surface area contributed by atoms with Crippen LogP contribution in [0, 0.1) is 28.4 Å². The maximum absolute atomic E-state index is 10.8. The van der Waals surface area contributed by atoms with Crippen molar-refractivity contribution >= 4 is 5.69 Å². The van der Waals surface area contributed by atoms with Crippen LogP contribution in [-0.2, 0) is 0 Å². The van der Waals surface area contributed by atoms with Crippen LogP contribution < -0.4 is 4.74 Å². The van der Waals surface area contributed by atoms with Gasteiger partial charge in [0.2, 0.25) is 0 Å². The first kappa shape index (κ1) is 12.5. The molecular weight excluding hydrogens is 246 g/mol. The first-order chi connectivity index (χ1) is 9.13. The van der Waals surface area contributed by atoms with Crippen molar-refractivity contribution in [3.63, 3.8) is 0 Å². The largest absolute Gasteiger partial charge is 0.454 e. The van der Waals surface area contributed by atoms with Crippen molar-refractivity contribution in [2.45, 2.75) is 6.92 Å². The molecule has 0 bridgehead atoms. The molecule has 1 aromatic heterocycles. The van der Waals surface area contributed by atoms with E-state index < -0.39 is 4.92 Å². The fraction of sp³-hybridized carbons (Fsp3) is 0.0769. The average Bonchev–Trinajstić information content (AvgIpc) is 2.41. The Kier molecular flexibility index (Phi) is 3.39. The molecule has 19 heavy (non-hydrogen) atoms. The zero-order valence-electron chi connectivity index (χ0n) is 10.0. The molecule has 0 aliphatic rings. The van der Waals surface area contributed by atoms with Gasteiger partial charge in [0.25, 0.3) is 5.69 Å². The van der Waals surface area contributed by atoms with E-state index in [0.717, 1.165) is 0 Å². The Balaban J connectivity index is 2.42. The van der Waals surface area contributed by atoms with Crippen LogP contribution >= 0.6 is 0 Å². The lowest BCUT2D eigenvalue weighted by Crippen LogP contribution is -1.96. The van der Waals surface area contributed by atoms with E-state index in [1.165, 1.54) is 18.3 Å². The summed E-state index contributed by atoms with van der Waals surface area (Å²) in [7, 11) is 0. The number of pyridine rings is 1. The molecule has 0 atom stereocenters. The van der Waals surface area contributed by atoms with Crippen LogP contribution in [0.5, 0.6) is 11.5 Å². The SMILES string of the molecule is Cc1c(Oc2cccnc2C#N)cccc1[N+](=O)[O-]. The van der Waals surface area contributed by atoms with Crippen LogP contribution in [0.3, 0.4) is 0 Å². The van der Waals surface area contributed by atoms with Gasteiger partial charge in [0.15, 0.2) is 11.4 Å². The first-order valence-corrected chi connectivity index (χ1v) is 5.40. The molecule has 0 radical (unpaired) electrons. The van der Waals surface area contributed by atoms with E-state index in [4.69, 9.17) is 10.00 Å². The third-order valence-corrected chi connectivity index (χ3v) is 2.55. The highest BCUT2D eigenvalue weighted by Crippen LogP contribution is 2.31. The minimum Gasteiger partial charge on any atom is -0.454 e. The fourth-order valence-corrected chi connectivity index (χ4v) is 1.59. The molecule has 0 N–H and O–H groups in total. The monoisotopic (exact) mass is 255 g/mol. The number of hydrogen-bond acceptors (Lipinski definition) is 5. The highest BCUT2D eigenvalue weighted by Gasteiger charge is 2.15. The van der Waals surface area contributed by atoms with Gasteiger partial charge in [-0.15, -0.1) is 0 Å². The molecule has 0 aliphatic heterocycles. The number of hydrogen-bond donors (Lipinski definition) is 0. The van der Waals surface area contributed by atoms with Crippen molar-refractivity contribution in [1.82, 2.24) is 4.98 Å². The minimum atomic E-state index is -0.476. The summed E-state index contributed by atoms with van der Waals surface area (Å²) in [6, 6.07) is 9.66. The van der Waals surface area contributed by atoms with Crippen molar-refractivity contribution in [1.29, 1.82) is 5.26 Å². The van der Waals surface area contributed by atoms with Gasteiger partial charge < -0.3 is 4.74 Å². The topological polar surface area (TPSA) is 89.0 Å². The second-order valence-corrected chi connectivity index (χ2v) is 3.72. The molecule has 6 nitrogen and oxygen atoms in total. The molecule has 1 heterocycles. The number of aromatic nitrogens is 1. The minimum absolute atomic E-state index is 0.0279. The van der Waals surface area contributed by atoms with Gasteiger partial charge in [-0.1, -0.05) is 6.07 Å². The number of ether oxygens (including phenoxy) is 1. The summed E-state index contributed by atoms with van der Waals surface area (Å²) in [6.45, 7) is 1.59. The highest BCUT2D eigenvalue weighted by molar-refractivity contribution is 5.50. The Bertz CT molecular complexity index is 677. The van der Waals surface area contributed by atoms with E-state index in [0.29, 0.717) is 11.3 Å². The molecular formula is C13H9N3O3. The summed E-state index contributed by atoms with van der Waals surface area (Å²) in [5.74, 6) is 0.604. The smallest absolute Gasteiger partial charge is 0.276 e. The van der Waals surface area contributed by atoms with Gasteiger partial charge in [-0.25, -0.2) is 4.98 Å². The standard InChI is InChI=1S/C13H9N3O3/c1-9-11(16(17)18)4-2-5-12(9)19-13-6-3-7-15-10(13)8-14/h2-7H,1H3. The maximum atomic E-state index is 10.8. The van der Waals surface area contributed by atoms with E-state index in [1.54, 1.807) is 25.1 Å². The molecule has 0 spiro atoms. The molecule has 0 aliphatic carbocycles. The van der Waals surface area contributed by atoms with Crippen LogP contribution in [-0.4, -0.2) is 9.91 Å². The van der Waals surface area contributed by atoms with Crippen molar-refractivity contribution in [2.75, 3.05) is 0 Å². The van der Waals surface area contributed by atoms with Gasteiger partial charge in [0.05, 0.1) is 10.5 Å². The lowest BCUT2D eigenvalue weighted by molar-refractivity contribution is -0.385. The Morgan fingerprint density at radius 1 is 1.32 bits per heavy atom. The number of nitriles is 1.